The second kappa shape index (κ2) is 4.06. The molecule has 1 aromatic heterocycles. The van der Waals surface area contributed by atoms with Gasteiger partial charge < -0.3 is 9.84 Å². The number of hydrogen-bond donors (Lipinski definition) is 1. The average molecular weight is 190 g/mol. The van der Waals surface area contributed by atoms with Gasteiger partial charge in [0.1, 0.15) is 5.88 Å². The van der Waals surface area contributed by atoms with Crippen LogP contribution in [0.15, 0.2) is 10.9 Å². The van der Waals surface area contributed by atoms with Crippen LogP contribution in [0.2, 0.25) is 0 Å². The molecule has 0 fully saturated rings. The first-order valence-electron chi connectivity index (χ1n) is 3.35. The molecule has 1 aromatic rings. The van der Waals surface area contributed by atoms with Crippen LogP contribution in [0, 0.1) is 0 Å². The fourth-order valence-corrected chi connectivity index (χ4v) is 0.791. The number of alkyl halides is 1. The number of halogens is 1. The Kier molecular flexibility index (Phi) is 3.04. The van der Waals surface area contributed by atoms with Gasteiger partial charge in [-0.2, -0.15) is 4.98 Å². The minimum absolute atomic E-state index is 0.0673. The highest BCUT2D eigenvalue weighted by Crippen LogP contribution is 2.04. The van der Waals surface area contributed by atoms with Crippen LogP contribution in [0.25, 0.3) is 0 Å². The van der Waals surface area contributed by atoms with Gasteiger partial charge in [-0.25, -0.2) is 0 Å². The summed E-state index contributed by atoms with van der Waals surface area (Å²) in [7, 11) is 0. The Morgan fingerprint density at radius 1 is 1.92 bits per heavy atom. The molecule has 0 aliphatic carbocycles. The molecular formula is C6H8ClN3O2. The summed E-state index contributed by atoms with van der Waals surface area (Å²) in [5, 5.41) is 6.14. The standard InChI is InChI=1S/C6H8ClN3O2/c1-4(9-5(11)2-7)6-8-3-12-10-6/h3-4H,2H2,1H3,(H,9,11). The molecule has 1 unspecified atom stereocenters. The van der Waals surface area contributed by atoms with E-state index in [1.54, 1.807) is 6.92 Å². The van der Waals surface area contributed by atoms with E-state index in [-0.39, 0.29) is 17.8 Å². The third-order valence-corrected chi connectivity index (χ3v) is 1.51. The Balaban J connectivity index is 2.49. The number of hydrogen-bond acceptors (Lipinski definition) is 4. The highest BCUT2D eigenvalue weighted by atomic mass is 35.5. The molecule has 66 valence electrons. The van der Waals surface area contributed by atoms with E-state index >= 15 is 0 Å². The first-order valence-corrected chi connectivity index (χ1v) is 3.89. The number of rotatable bonds is 3. The lowest BCUT2D eigenvalue weighted by Gasteiger charge is -2.07. The zero-order chi connectivity index (χ0) is 8.97. The van der Waals surface area contributed by atoms with E-state index < -0.39 is 0 Å². The second-order valence-corrected chi connectivity index (χ2v) is 2.48. The molecule has 0 radical (unpaired) electrons. The van der Waals surface area contributed by atoms with Gasteiger partial charge in [-0.1, -0.05) is 5.16 Å². The van der Waals surface area contributed by atoms with Gasteiger partial charge in [0.2, 0.25) is 12.3 Å². The maximum absolute atomic E-state index is 10.8. The number of aromatic nitrogens is 2. The summed E-state index contributed by atoms with van der Waals surface area (Å²) in [6.07, 6.45) is 1.21. The summed E-state index contributed by atoms with van der Waals surface area (Å²) >= 11 is 5.28. The zero-order valence-corrected chi connectivity index (χ0v) is 7.21. The fraction of sp³-hybridized carbons (Fsp3) is 0.500. The number of amides is 1. The van der Waals surface area contributed by atoms with E-state index in [4.69, 9.17) is 11.6 Å². The van der Waals surface area contributed by atoms with Gasteiger partial charge in [-0.05, 0) is 6.92 Å². The Labute approximate surface area is 74.1 Å². The third-order valence-electron chi connectivity index (χ3n) is 1.26. The second-order valence-electron chi connectivity index (χ2n) is 2.21. The van der Waals surface area contributed by atoms with Crippen molar-refractivity contribution < 1.29 is 9.32 Å². The molecule has 0 aromatic carbocycles. The zero-order valence-electron chi connectivity index (χ0n) is 6.45. The first-order chi connectivity index (χ1) is 5.74. The summed E-state index contributed by atoms with van der Waals surface area (Å²) in [5.74, 6) is 0.116. The van der Waals surface area contributed by atoms with Gasteiger partial charge in [-0.3, -0.25) is 4.79 Å². The predicted octanol–water partition coefficient (Wildman–Crippen LogP) is 0.486. The van der Waals surface area contributed by atoms with Crippen LogP contribution in [0.5, 0.6) is 0 Å². The number of nitrogens with zero attached hydrogens (tertiary/aromatic N) is 2. The molecule has 0 saturated heterocycles. The molecular weight excluding hydrogens is 182 g/mol. The van der Waals surface area contributed by atoms with Crippen molar-refractivity contribution in [3.8, 4) is 0 Å². The van der Waals surface area contributed by atoms with Crippen molar-refractivity contribution >= 4 is 17.5 Å². The maximum Gasteiger partial charge on any atom is 0.235 e. The van der Waals surface area contributed by atoms with Crippen LogP contribution >= 0.6 is 11.6 Å². The van der Waals surface area contributed by atoms with E-state index in [0.29, 0.717) is 5.82 Å². The van der Waals surface area contributed by atoms with E-state index in [9.17, 15) is 4.79 Å². The molecule has 0 bridgehead atoms. The fourth-order valence-electron chi connectivity index (χ4n) is 0.714. The summed E-state index contributed by atoms with van der Waals surface area (Å²) in [6, 6.07) is -0.269. The molecule has 0 spiro atoms. The molecule has 0 saturated carbocycles. The minimum atomic E-state index is -0.269. The SMILES string of the molecule is CC(NC(=O)CCl)c1ncon1. The van der Waals surface area contributed by atoms with Gasteiger partial charge >= 0.3 is 0 Å². The van der Waals surface area contributed by atoms with Crippen molar-refractivity contribution in [2.75, 3.05) is 5.88 Å². The summed E-state index contributed by atoms with van der Waals surface area (Å²) in [6.45, 7) is 1.75. The highest BCUT2D eigenvalue weighted by molar-refractivity contribution is 6.27. The Hall–Kier alpha value is -1.10. The van der Waals surface area contributed by atoms with Gasteiger partial charge in [0, 0.05) is 0 Å². The number of carbonyl (C=O) groups excluding carboxylic acids is 1. The molecule has 0 aliphatic rings. The van der Waals surface area contributed by atoms with E-state index in [0.717, 1.165) is 0 Å². The van der Waals surface area contributed by atoms with E-state index in [1.807, 2.05) is 0 Å². The molecule has 1 amide bonds. The van der Waals surface area contributed by atoms with Crippen molar-refractivity contribution in [1.29, 1.82) is 0 Å². The van der Waals surface area contributed by atoms with Crippen LogP contribution in [0.4, 0.5) is 0 Å². The highest BCUT2D eigenvalue weighted by Gasteiger charge is 2.11. The van der Waals surface area contributed by atoms with Crippen LogP contribution in [-0.2, 0) is 4.79 Å². The Morgan fingerprint density at radius 3 is 3.17 bits per heavy atom. The Morgan fingerprint density at radius 2 is 2.67 bits per heavy atom. The number of carbonyl (C=O) groups is 1. The largest absolute Gasteiger partial charge is 0.345 e. The maximum atomic E-state index is 10.8. The van der Waals surface area contributed by atoms with E-state index in [2.05, 4.69) is 20.0 Å². The summed E-state index contributed by atoms with van der Waals surface area (Å²) in [5.41, 5.74) is 0. The molecule has 1 rings (SSSR count). The van der Waals surface area contributed by atoms with Crippen LogP contribution in [-0.4, -0.2) is 21.9 Å². The van der Waals surface area contributed by atoms with Gasteiger partial charge in [-0.15, -0.1) is 11.6 Å². The molecule has 1 N–H and O–H groups in total. The molecule has 5 nitrogen and oxygen atoms in total. The van der Waals surface area contributed by atoms with E-state index in [1.165, 1.54) is 6.39 Å². The topological polar surface area (TPSA) is 68.0 Å². The normalized spacial score (nSPS) is 12.5. The van der Waals surface area contributed by atoms with Crippen molar-refractivity contribution in [3.63, 3.8) is 0 Å². The quantitative estimate of drug-likeness (QED) is 0.703. The summed E-state index contributed by atoms with van der Waals surface area (Å²) < 4.78 is 4.51. The average Bonchev–Trinajstić information content (AvgIpc) is 2.56. The van der Waals surface area contributed by atoms with Crippen molar-refractivity contribution in [1.82, 2.24) is 15.5 Å². The molecule has 6 heteroatoms. The molecule has 1 atom stereocenters. The van der Waals surface area contributed by atoms with Gasteiger partial charge in [0.15, 0.2) is 5.82 Å². The lowest BCUT2D eigenvalue weighted by Crippen LogP contribution is -2.28. The van der Waals surface area contributed by atoms with Crippen molar-refractivity contribution in [2.24, 2.45) is 0 Å². The minimum Gasteiger partial charge on any atom is -0.345 e. The first kappa shape index (κ1) is 8.99. The van der Waals surface area contributed by atoms with Gasteiger partial charge in [0.25, 0.3) is 0 Å². The van der Waals surface area contributed by atoms with Crippen molar-refractivity contribution in [3.05, 3.63) is 12.2 Å². The van der Waals surface area contributed by atoms with Crippen LogP contribution in [0.3, 0.4) is 0 Å². The molecule has 1 heterocycles. The molecule has 0 aliphatic heterocycles. The Bertz CT molecular complexity index is 249. The van der Waals surface area contributed by atoms with Gasteiger partial charge in [0.05, 0.1) is 6.04 Å². The monoisotopic (exact) mass is 189 g/mol. The predicted molar refractivity (Wildman–Crippen MR) is 41.6 cm³/mol. The van der Waals surface area contributed by atoms with Crippen LogP contribution in [0.1, 0.15) is 18.8 Å². The molecule has 12 heavy (non-hydrogen) atoms. The smallest absolute Gasteiger partial charge is 0.235 e. The number of nitrogens with one attached hydrogen (secondary N) is 1. The third kappa shape index (κ3) is 2.20. The lowest BCUT2D eigenvalue weighted by atomic mass is 10.3. The van der Waals surface area contributed by atoms with Crippen molar-refractivity contribution in [2.45, 2.75) is 13.0 Å². The van der Waals surface area contributed by atoms with Crippen LogP contribution < -0.4 is 5.32 Å². The lowest BCUT2D eigenvalue weighted by molar-refractivity contribution is -0.119. The summed E-state index contributed by atoms with van der Waals surface area (Å²) in [4.78, 5) is 14.6.